The van der Waals surface area contributed by atoms with E-state index in [4.69, 9.17) is 0 Å². The number of nitrogens with zero attached hydrogens (tertiary/aromatic N) is 2. The third-order valence-corrected chi connectivity index (χ3v) is 3.08. The number of thiol groups is 6. The van der Waals surface area contributed by atoms with E-state index >= 15 is 0 Å². The molecule has 0 rings (SSSR count). The summed E-state index contributed by atoms with van der Waals surface area (Å²) in [7, 11) is 0. The van der Waals surface area contributed by atoms with Gasteiger partial charge in [-0.05, 0) is 0 Å². The Bertz CT molecular complexity index is 140. The van der Waals surface area contributed by atoms with Gasteiger partial charge < -0.3 is 0 Å². The SMILES string of the molecule is S=C(S)N(S)S.S=C(S)N(S)S.[Ni]. The van der Waals surface area contributed by atoms with Crippen LogP contribution in [0.5, 0.6) is 0 Å². The molecule has 0 unspecified atom stereocenters. The fraction of sp³-hybridized carbons (Fsp3) is 0. The van der Waals surface area contributed by atoms with Crippen LogP contribution in [-0.4, -0.2) is 16.1 Å². The van der Waals surface area contributed by atoms with Crippen molar-refractivity contribution in [1.82, 2.24) is 7.42 Å². The summed E-state index contributed by atoms with van der Waals surface area (Å²) in [4.78, 5) is 0. The third kappa shape index (κ3) is 20.5. The third-order valence-electron chi connectivity index (χ3n) is 0.342. The van der Waals surface area contributed by atoms with Crippen molar-refractivity contribution in [1.29, 1.82) is 0 Å². The topological polar surface area (TPSA) is 6.48 Å². The maximum absolute atomic E-state index is 4.46. The summed E-state index contributed by atoms with van der Waals surface area (Å²) in [6.07, 6.45) is 0. The van der Waals surface area contributed by atoms with Crippen molar-refractivity contribution in [2.75, 3.05) is 0 Å². The Hall–Kier alpha value is 2.37. The van der Waals surface area contributed by atoms with E-state index < -0.39 is 0 Å². The van der Waals surface area contributed by atoms with Crippen LogP contribution in [0.15, 0.2) is 0 Å². The Kier molecular flexibility index (Phi) is 19.9. The Labute approximate surface area is 132 Å². The standard InChI is InChI=1S/2CH3NS4.Ni/c2*3-1(4)2(5)6;/h2*5-6H,(H,3,4);. The van der Waals surface area contributed by atoms with E-state index in [9.17, 15) is 0 Å². The number of hydrogen-bond acceptors (Lipinski definition) is 6. The monoisotopic (exact) mass is 372 g/mol. The molecular formula is C2H6N2NiS8. The van der Waals surface area contributed by atoms with Gasteiger partial charge in [0.2, 0.25) is 0 Å². The molecule has 13 heavy (non-hydrogen) atoms. The molecule has 0 atom stereocenters. The minimum Gasteiger partial charge on any atom is -0.248 e. The fourth-order valence-corrected chi connectivity index (χ4v) is 0. The second-order valence-electron chi connectivity index (χ2n) is 1.14. The summed E-state index contributed by atoms with van der Waals surface area (Å²) in [6.45, 7) is 0. The minimum atomic E-state index is 0. The van der Waals surface area contributed by atoms with E-state index in [-0.39, 0.29) is 16.5 Å². The normalized spacial score (nSPS) is 7.23. The molecule has 0 aromatic heterocycles. The molecule has 0 heterocycles. The van der Waals surface area contributed by atoms with Crippen LogP contribution in [0.1, 0.15) is 0 Å². The molecule has 11 heteroatoms. The Morgan fingerprint density at radius 1 is 0.769 bits per heavy atom. The van der Waals surface area contributed by atoms with Crippen molar-refractivity contribution < 1.29 is 16.5 Å². The molecule has 0 saturated heterocycles. The largest absolute Gasteiger partial charge is 0.248 e. The van der Waals surface area contributed by atoms with Gasteiger partial charge in [0.05, 0.1) is 0 Å². The van der Waals surface area contributed by atoms with E-state index in [2.05, 4.69) is 101 Å². The molecule has 0 aliphatic heterocycles. The van der Waals surface area contributed by atoms with Gasteiger partial charge in [-0.2, -0.15) is 0 Å². The second kappa shape index (κ2) is 12.4. The Morgan fingerprint density at radius 2 is 0.846 bits per heavy atom. The van der Waals surface area contributed by atoms with E-state index in [1.165, 1.54) is 0 Å². The zero-order valence-corrected chi connectivity index (χ0v) is 13.7. The molecule has 0 saturated carbocycles. The maximum Gasteiger partial charge on any atom is 0.153 e. The van der Waals surface area contributed by atoms with Crippen LogP contribution in [0.3, 0.4) is 0 Å². The fourth-order valence-electron chi connectivity index (χ4n) is 0. The van der Waals surface area contributed by atoms with E-state index in [0.717, 1.165) is 7.42 Å². The first-order valence-corrected chi connectivity index (χ1v) is 5.41. The smallest absolute Gasteiger partial charge is 0.153 e. The van der Waals surface area contributed by atoms with Crippen LogP contribution in [0, 0.1) is 0 Å². The first-order valence-electron chi connectivity index (χ1n) is 2.10. The molecule has 0 bridgehead atoms. The quantitative estimate of drug-likeness (QED) is 0.221. The summed E-state index contributed by atoms with van der Waals surface area (Å²) in [6, 6.07) is 0. The van der Waals surface area contributed by atoms with Gasteiger partial charge in [0.25, 0.3) is 0 Å². The summed E-state index contributed by atoms with van der Waals surface area (Å²) in [5, 5.41) is 0. The molecular weight excluding hydrogens is 367 g/mol. The minimum absolute atomic E-state index is 0. The molecule has 0 amide bonds. The molecule has 2 nitrogen and oxygen atoms in total. The van der Waals surface area contributed by atoms with Gasteiger partial charge in [-0.3, -0.25) is 0 Å². The molecule has 0 radical (unpaired) electrons. The van der Waals surface area contributed by atoms with Crippen LogP contribution in [0.2, 0.25) is 0 Å². The van der Waals surface area contributed by atoms with Crippen molar-refractivity contribution in [2.24, 2.45) is 0 Å². The van der Waals surface area contributed by atoms with E-state index in [1.807, 2.05) is 0 Å². The molecule has 0 aromatic rings. The first kappa shape index (κ1) is 20.7. The van der Waals surface area contributed by atoms with Gasteiger partial charge in [0.1, 0.15) is 0 Å². The zero-order valence-electron chi connectivity index (χ0n) is 5.71. The van der Waals surface area contributed by atoms with E-state index in [0.29, 0.717) is 8.64 Å². The van der Waals surface area contributed by atoms with Crippen LogP contribution < -0.4 is 0 Å². The van der Waals surface area contributed by atoms with Crippen LogP contribution in [0.25, 0.3) is 0 Å². The first-order chi connectivity index (χ1) is 5.29. The van der Waals surface area contributed by atoms with Crippen LogP contribution >= 0.6 is 101 Å². The molecule has 82 valence electrons. The van der Waals surface area contributed by atoms with Crippen molar-refractivity contribution in [3.05, 3.63) is 0 Å². The summed E-state index contributed by atoms with van der Waals surface area (Å²) in [5.41, 5.74) is 0. The zero-order chi connectivity index (χ0) is 10.3. The van der Waals surface area contributed by atoms with Gasteiger partial charge in [-0.15, -0.1) is 25.3 Å². The van der Waals surface area contributed by atoms with Crippen molar-refractivity contribution in [3.63, 3.8) is 0 Å². The number of hydrogen-bond donors (Lipinski definition) is 6. The molecule has 0 aromatic carbocycles. The van der Waals surface area contributed by atoms with Crippen LogP contribution in [0.4, 0.5) is 0 Å². The average molecular weight is 373 g/mol. The average Bonchev–Trinajstić information content (AvgIpc) is 1.88. The van der Waals surface area contributed by atoms with Crippen molar-refractivity contribution in [2.45, 2.75) is 0 Å². The van der Waals surface area contributed by atoms with E-state index in [1.54, 1.807) is 0 Å². The van der Waals surface area contributed by atoms with Crippen LogP contribution in [-0.2, 0) is 16.5 Å². The molecule has 0 aliphatic rings. The van der Waals surface area contributed by atoms with Gasteiger partial charge in [0.15, 0.2) is 8.64 Å². The summed E-state index contributed by atoms with van der Waals surface area (Å²) < 4.78 is 3.00. The Morgan fingerprint density at radius 3 is 0.846 bits per heavy atom. The van der Waals surface area contributed by atoms with Crippen molar-refractivity contribution in [3.8, 4) is 0 Å². The maximum atomic E-state index is 4.46. The van der Waals surface area contributed by atoms with Gasteiger partial charge in [-0.25, -0.2) is 7.42 Å². The molecule has 0 spiro atoms. The molecule has 0 aliphatic carbocycles. The molecule has 0 fully saturated rings. The van der Waals surface area contributed by atoms with Gasteiger partial charge in [0, 0.05) is 16.5 Å². The number of rotatable bonds is 0. The van der Waals surface area contributed by atoms with Gasteiger partial charge >= 0.3 is 0 Å². The predicted molar refractivity (Wildman–Crippen MR) is 82.8 cm³/mol. The summed E-state index contributed by atoms with van der Waals surface area (Å²) >= 11 is 31.0. The molecule has 0 N–H and O–H groups in total. The Balaban J connectivity index is -0.000000143. The van der Waals surface area contributed by atoms with Crippen molar-refractivity contribution >= 4 is 110 Å². The second-order valence-corrected chi connectivity index (χ2v) is 5.60. The number of thiocarbonyl (C=S) groups is 2. The summed E-state index contributed by atoms with van der Waals surface area (Å²) in [5.74, 6) is 0. The predicted octanol–water partition coefficient (Wildman–Crippen LogP) is 2.38. The van der Waals surface area contributed by atoms with Gasteiger partial charge in [-0.1, -0.05) is 75.7 Å².